The molecule has 0 radical (unpaired) electrons. The number of hydrogen-bond donors (Lipinski definition) is 0. The van der Waals surface area contributed by atoms with Gasteiger partial charge in [-0.1, -0.05) is 23.7 Å². The maximum Gasteiger partial charge on any atom is 0.232 e. The van der Waals surface area contributed by atoms with Crippen LogP contribution >= 0.6 is 11.6 Å². The summed E-state index contributed by atoms with van der Waals surface area (Å²) >= 11 is 5.97. The van der Waals surface area contributed by atoms with Gasteiger partial charge in [-0.25, -0.2) is 0 Å². The Morgan fingerprint density at radius 2 is 2.00 bits per heavy atom. The number of rotatable bonds is 4. The van der Waals surface area contributed by atoms with Crippen molar-refractivity contribution in [1.29, 1.82) is 0 Å². The van der Waals surface area contributed by atoms with Crippen LogP contribution < -0.4 is 9.47 Å². The monoisotopic (exact) mass is 352 g/mol. The van der Waals surface area contributed by atoms with Crippen LogP contribution in [0, 0.1) is 0 Å². The van der Waals surface area contributed by atoms with Crippen LogP contribution in [0.2, 0.25) is 5.02 Å². The lowest BCUT2D eigenvalue weighted by molar-refractivity contribution is 0.101. The molecule has 4 nitrogen and oxygen atoms in total. The van der Waals surface area contributed by atoms with Crippen LogP contribution in [-0.2, 0) is 6.61 Å². The van der Waals surface area contributed by atoms with Gasteiger partial charge in [0.2, 0.25) is 5.78 Å². The second-order valence-electron chi connectivity index (χ2n) is 5.53. The Balaban J connectivity index is 1.51. The standard InChI is InChI=1S/C20H13ClO4/c21-14-4-1-3-13(9-14)12-24-16-6-7-17-18(10-16)25-19(20(17)22)11-15-5-2-8-23-15/h1-11H,12H2/b19-11-. The fourth-order valence-electron chi connectivity index (χ4n) is 2.55. The van der Waals surface area contributed by atoms with Gasteiger partial charge in [-0.3, -0.25) is 4.79 Å². The van der Waals surface area contributed by atoms with Gasteiger partial charge in [0.05, 0.1) is 11.8 Å². The lowest BCUT2D eigenvalue weighted by Gasteiger charge is -2.07. The molecule has 25 heavy (non-hydrogen) atoms. The fourth-order valence-corrected chi connectivity index (χ4v) is 2.77. The van der Waals surface area contributed by atoms with Crippen molar-refractivity contribution in [3.63, 3.8) is 0 Å². The van der Waals surface area contributed by atoms with Crippen molar-refractivity contribution in [2.45, 2.75) is 6.61 Å². The second-order valence-corrected chi connectivity index (χ2v) is 5.97. The van der Waals surface area contributed by atoms with Gasteiger partial charge >= 0.3 is 0 Å². The van der Waals surface area contributed by atoms with Gasteiger partial charge in [-0.05, 0) is 42.0 Å². The number of ketones is 1. The van der Waals surface area contributed by atoms with E-state index in [1.165, 1.54) is 0 Å². The van der Waals surface area contributed by atoms with E-state index in [0.717, 1.165) is 5.56 Å². The molecule has 5 heteroatoms. The summed E-state index contributed by atoms with van der Waals surface area (Å²) in [5.41, 5.74) is 1.47. The molecule has 3 aromatic rings. The third-order valence-corrected chi connectivity index (χ3v) is 3.99. The maximum absolute atomic E-state index is 12.4. The van der Waals surface area contributed by atoms with Crippen LogP contribution in [0.3, 0.4) is 0 Å². The smallest absolute Gasteiger partial charge is 0.232 e. The summed E-state index contributed by atoms with van der Waals surface area (Å²) in [4.78, 5) is 12.4. The molecule has 1 aliphatic rings. The van der Waals surface area contributed by atoms with Crippen molar-refractivity contribution in [2.24, 2.45) is 0 Å². The van der Waals surface area contributed by atoms with E-state index in [1.54, 1.807) is 42.7 Å². The molecule has 0 saturated heterocycles. The first-order valence-electron chi connectivity index (χ1n) is 7.68. The Labute approximate surface area is 149 Å². The first-order valence-corrected chi connectivity index (χ1v) is 8.06. The topological polar surface area (TPSA) is 48.7 Å². The van der Waals surface area contributed by atoms with Gasteiger partial charge in [0, 0.05) is 17.2 Å². The first-order chi connectivity index (χ1) is 12.2. The van der Waals surface area contributed by atoms with E-state index < -0.39 is 0 Å². The number of furan rings is 1. The van der Waals surface area contributed by atoms with Gasteiger partial charge in [0.15, 0.2) is 5.76 Å². The van der Waals surface area contributed by atoms with Crippen LogP contribution in [-0.4, -0.2) is 5.78 Å². The molecule has 0 unspecified atom stereocenters. The van der Waals surface area contributed by atoms with E-state index >= 15 is 0 Å². The first kappa shape index (κ1) is 15.5. The zero-order chi connectivity index (χ0) is 17.2. The molecule has 0 atom stereocenters. The predicted molar refractivity (Wildman–Crippen MR) is 93.9 cm³/mol. The summed E-state index contributed by atoms with van der Waals surface area (Å²) in [6.45, 7) is 0.377. The quantitative estimate of drug-likeness (QED) is 0.611. The molecule has 0 fully saturated rings. The minimum Gasteiger partial charge on any atom is -0.489 e. The molecular weight excluding hydrogens is 340 g/mol. The van der Waals surface area contributed by atoms with Crippen LogP contribution in [0.4, 0.5) is 0 Å². The van der Waals surface area contributed by atoms with Gasteiger partial charge in [0.25, 0.3) is 0 Å². The summed E-state index contributed by atoms with van der Waals surface area (Å²) in [5, 5.41) is 0.664. The molecule has 0 aliphatic carbocycles. The van der Waals surface area contributed by atoms with E-state index in [9.17, 15) is 4.79 Å². The van der Waals surface area contributed by atoms with E-state index in [1.807, 2.05) is 24.3 Å². The zero-order valence-electron chi connectivity index (χ0n) is 13.1. The molecule has 0 bridgehead atoms. The summed E-state index contributed by atoms with van der Waals surface area (Å²) < 4.78 is 16.6. The van der Waals surface area contributed by atoms with Crippen molar-refractivity contribution in [1.82, 2.24) is 0 Å². The van der Waals surface area contributed by atoms with E-state index in [-0.39, 0.29) is 11.5 Å². The third-order valence-electron chi connectivity index (χ3n) is 3.75. The number of ether oxygens (including phenoxy) is 2. The highest BCUT2D eigenvalue weighted by atomic mass is 35.5. The highest BCUT2D eigenvalue weighted by Gasteiger charge is 2.28. The second kappa shape index (κ2) is 6.49. The van der Waals surface area contributed by atoms with Gasteiger partial charge in [-0.2, -0.15) is 0 Å². The third kappa shape index (κ3) is 3.30. The molecule has 0 spiro atoms. The number of benzene rings is 2. The lowest BCUT2D eigenvalue weighted by Crippen LogP contribution is -1.97. The Kier molecular flexibility index (Phi) is 4.04. The number of carbonyl (C=O) groups is 1. The van der Waals surface area contributed by atoms with E-state index in [2.05, 4.69) is 0 Å². The van der Waals surface area contributed by atoms with E-state index in [4.69, 9.17) is 25.5 Å². The average Bonchev–Trinajstić information content (AvgIpc) is 3.22. The predicted octanol–water partition coefficient (Wildman–Crippen LogP) is 5.13. The van der Waals surface area contributed by atoms with Crippen LogP contribution in [0.15, 0.2) is 71.0 Å². The minimum absolute atomic E-state index is 0.173. The molecular formula is C20H13ClO4. The van der Waals surface area contributed by atoms with Crippen molar-refractivity contribution < 1.29 is 18.7 Å². The van der Waals surface area contributed by atoms with Crippen LogP contribution in [0.25, 0.3) is 6.08 Å². The molecule has 4 rings (SSSR count). The number of allylic oxidation sites excluding steroid dienone is 1. The normalized spacial score (nSPS) is 14.4. The summed E-state index contributed by atoms with van der Waals surface area (Å²) in [7, 11) is 0. The van der Waals surface area contributed by atoms with Crippen molar-refractivity contribution in [3.05, 3.63) is 88.5 Å². The number of carbonyl (C=O) groups excluding carboxylic acids is 1. The summed E-state index contributed by atoms with van der Waals surface area (Å²) in [6.07, 6.45) is 3.12. The van der Waals surface area contributed by atoms with Crippen molar-refractivity contribution >= 4 is 23.5 Å². The Bertz CT molecular complexity index is 958. The molecule has 1 aromatic heterocycles. The zero-order valence-corrected chi connectivity index (χ0v) is 13.8. The molecule has 1 aliphatic heterocycles. The molecule has 0 amide bonds. The molecule has 2 heterocycles. The Morgan fingerprint density at radius 3 is 2.80 bits per heavy atom. The molecule has 0 saturated carbocycles. The summed E-state index contributed by atoms with van der Waals surface area (Å²) in [5.74, 6) is 1.72. The van der Waals surface area contributed by atoms with E-state index in [0.29, 0.717) is 34.5 Å². The van der Waals surface area contributed by atoms with Gasteiger partial charge in [-0.15, -0.1) is 0 Å². The number of halogens is 1. The molecule has 0 N–H and O–H groups in total. The Morgan fingerprint density at radius 1 is 1.08 bits per heavy atom. The highest BCUT2D eigenvalue weighted by Crippen LogP contribution is 2.35. The lowest BCUT2D eigenvalue weighted by atomic mass is 10.1. The number of fused-ring (bicyclic) bond motifs is 1. The summed E-state index contributed by atoms with van der Waals surface area (Å²) in [6, 6.07) is 16.1. The maximum atomic E-state index is 12.4. The van der Waals surface area contributed by atoms with Gasteiger partial charge < -0.3 is 13.9 Å². The SMILES string of the molecule is O=C1/C(=C/c2ccco2)Oc2cc(OCc3cccc(Cl)c3)ccc21. The Hall–Kier alpha value is -2.98. The van der Waals surface area contributed by atoms with Crippen LogP contribution in [0.5, 0.6) is 11.5 Å². The minimum atomic E-state index is -0.173. The number of Topliss-reactive ketones (excluding diaryl/α,β-unsaturated/α-hetero) is 1. The molecule has 2 aromatic carbocycles. The van der Waals surface area contributed by atoms with Gasteiger partial charge in [0.1, 0.15) is 23.9 Å². The molecule has 124 valence electrons. The fraction of sp³-hybridized carbons (Fsp3) is 0.0500. The van der Waals surface area contributed by atoms with Crippen LogP contribution in [0.1, 0.15) is 21.7 Å². The van der Waals surface area contributed by atoms with Crippen molar-refractivity contribution in [3.8, 4) is 11.5 Å². The van der Waals surface area contributed by atoms with Crippen molar-refractivity contribution in [2.75, 3.05) is 0 Å². The number of hydrogen-bond acceptors (Lipinski definition) is 4. The average molecular weight is 353 g/mol. The largest absolute Gasteiger partial charge is 0.489 e. The highest BCUT2D eigenvalue weighted by molar-refractivity contribution is 6.30.